The summed E-state index contributed by atoms with van der Waals surface area (Å²) >= 11 is 5.98. The summed E-state index contributed by atoms with van der Waals surface area (Å²) in [4.78, 5) is 21.2. The number of aliphatic hydroxyl groups excluding tert-OH is 1. The molecule has 1 rings (SSSR count). The summed E-state index contributed by atoms with van der Waals surface area (Å²) in [7, 11) is 0. The van der Waals surface area contributed by atoms with Gasteiger partial charge in [0.1, 0.15) is 0 Å². The van der Waals surface area contributed by atoms with Gasteiger partial charge in [0.2, 0.25) is 0 Å². The fraction of sp³-hybridized carbons (Fsp3) is 0.333. The molecule has 0 spiro atoms. The number of nitrogens with one attached hydrogen (secondary N) is 1. The second-order valence-electron chi connectivity index (χ2n) is 3.86. The van der Waals surface area contributed by atoms with Crippen LogP contribution in [0.25, 0.3) is 0 Å². The van der Waals surface area contributed by atoms with Gasteiger partial charge in [0, 0.05) is 24.1 Å². The van der Waals surface area contributed by atoms with Gasteiger partial charge in [0.05, 0.1) is 0 Å². The van der Waals surface area contributed by atoms with Gasteiger partial charge in [-0.2, -0.15) is 0 Å². The Morgan fingerprint density at radius 2 is 2.00 bits per heavy atom. The topological polar surface area (TPSA) is 86.6 Å². The number of carboxylic acid groups (broad SMARTS) is 1. The van der Waals surface area contributed by atoms with Crippen molar-refractivity contribution in [1.29, 1.82) is 0 Å². The van der Waals surface area contributed by atoms with Gasteiger partial charge in [0.25, 0.3) is 0 Å². The van der Waals surface area contributed by atoms with Crippen molar-refractivity contribution >= 4 is 23.5 Å². The third-order valence-corrected chi connectivity index (χ3v) is 2.84. The molecule has 0 saturated heterocycles. The zero-order chi connectivity index (χ0) is 13.5. The maximum Gasteiger partial charge on any atom is 0.394 e. The van der Waals surface area contributed by atoms with E-state index in [9.17, 15) is 14.7 Å². The fourth-order valence-electron chi connectivity index (χ4n) is 1.49. The van der Waals surface area contributed by atoms with Gasteiger partial charge in [-0.25, -0.2) is 4.79 Å². The number of hydrogen-bond donors (Lipinski definition) is 3. The van der Waals surface area contributed by atoms with E-state index >= 15 is 0 Å². The van der Waals surface area contributed by atoms with E-state index in [1.165, 1.54) is 0 Å². The third kappa shape index (κ3) is 4.35. The molecule has 1 aromatic carbocycles. The van der Waals surface area contributed by atoms with E-state index in [0.29, 0.717) is 11.4 Å². The summed E-state index contributed by atoms with van der Waals surface area (Å²) in [5, 5.41) is 20.4. The number of carbonyl (C=O) groups excluding carboxylic acids is 1. The average molecular weight is 272 g/mol. The number of amides is 1. The van der Waals surface area contributed by atoms with Crippen LogP contribution in [0.4, 0.5) is 0 Å². The number of rotatable bonds is 5. The molecule has 0 fully saturated rings. The molecule has 0 aromatic heterocycles. The zero-order valence-electron chi connectivity index (χ0n) is 9.60. The molecule has 6 heteroatoms. The van der Waals surface area contributed by atoms with E-state index in [-0.39, 0.29) is 19.1 Å². The van der Waals surface area contributed by atoms with Crippen LogP contribution in [-0.4, -0.2) is 35.2 Å². The monoisotopic (exact) mass is 271 g/mol. The molecule has 0 saturated carbocycles. The second-order valence-corrected chi connectivity index (χ2v) is 4.27. The van der Waals surface area contributed by atoms with E-state index in [2.05, 4.69) is 5.32 Å². The van der Waals surface area contributed by atoms with Crippen molar-refractivity contribution < 1.29 is 19.8 Å². The molecule has 1 aromatic rings. The molecule has 18 heavy (non-hydrogen) atoms. The molecule has 0 aliphatic heterocycles. The van der Waals surface area contributed by atoms with Crippen LogP contribution in [0.3, 0.4) is 0 Å². The van der Waals surface area contributed by atoms with Gasteiger partial charge in [-0.15, -0.1) is 0 Å². The van der Waals surface area contributed by atoms with Crippen LogP contribution >= 0.6 is 11.6 Å². The summed E-state index contributed by atoms with van der Waals surface area (Å²) in [5.41, 5.74) is 0.850. The van der Waals surface area contributed by atoms with E-state index in [4.69, 9.17) is 16.7 Å². The fourth-order valence-corrected chi connectivity index (χ4v) is 1.70. The number of benzene rings is 1. The van der Waals surface area contributed by atoms with Gasteiger partial charge in [-0.05, 0) is 18.1 Å². The van der Waals surface area contributed by atoms with E-state index in [0.717, 1.165) is 5.56 Å². The lowest BCUT2D eigenvalue weighted by Gasteiger charge is -2.15. The molecule has 98 valence electrons. The standard InChI is InChI=1S/C12H14ClNO4/c13-10-4-2-1-3-9(10)5-8(7-15)6-14-11(16)12(17)18/h1-4,8,15H,5-7H2,(H,14,16)(H,17,18)/t8-/m1/s1. The molecule has 1 amide bonds. The number of carboxylic acids is 1. The Balaban J connectivity index is 2.55. The van der Waals surface area contributed by atoms with Crippen molar-refractivity contribution in [3.63, 3.8) is 0 Å². The molecule has 0 aliphatic rings. The Hall–Kier alpha value is -1.59. The Bertz CT molecular complexity index is 436. The first kappa shape index (κ1) is 14.5. The summed E-state index contributed by atoms with van der Waals surface area (Å²) in [5.74, 6) is -2.88. The lowest BCUT2D eigenvalue weighted by molar-refractivity contribution is -0.150. The summed E-state index contributed by atoms with van der Waals surface area (Å²) in [6.07, 6.45) is 0.468. The van der Waals surface area contributed by atoms with Crippen LogP contribution in [0.15, 0.2) is 24.3 Å². The Morgan fingerprint density at radius 1 is 1.33 bits per heavy atom. The molecular weight excluding hydrogens is 258 g/mol. The largest absolute Gasteiger partial charge is 0.474 e. The third-order valence-electron chi connectivity index (χ3n) is 2.47. The predicted molar refractivity (Wildman–Crippen MR) is 66.4 cm³/mol. The highest BCUT2D eigenvalue weighted by atomic mass is 35.5. The quantitative estimate of drug-likeness (QED) is 0.688. The highest BCUT2D eigenvalue weighted by molar-refractivity contribution is 6.31. The molecule has 0 heterocycles. The van der Waals surface area contributed by atoms with Crippen LogP contribution in [0.1, 0.15) is 5.56 Å². The lowest BCUT2D eigenvalue weighted by atomic mass is 10.00. The first-order valence-electron chi connectivity index (χ1n) is 5.40. The number of aliphatic hydroxyl groups is 1. The molecular formula is C12H14ClNO4. The number of carbonyl (C=O) groups is 2. The number of aliphatic carboxylic acids is 1. The minimum Gasteiger partial charge on any atom is -0.474 e. The minimum atomic E-state index is -1.54. The van der Waals surface area contributed by atoms with E-state index in [1.807, 2.05) is 12.1 Å². The number of hydrogen-bond acceptors (Lipinski definition) is 3. The highest BCUT2D eigenvalue weighted by Gasteiger charge is 2.15. The van der Waals surface area contributed by atoms with Crippen molar-refractivity contribution in [3.05, 3.63) is 34.9 Å². The van der Waals surface area contributed by atoms with Crippen molar-refractivity contribution in [1.82, 2.24) is 5.32 Å². The molecule has 0 aliphatic carbocycles. The van der Waals surface area contributed by atoms with E-state index < -0.39 is 11.9 Å². The molecule has 0 radical (unpaired) electrons. The Kier molecular flexibility index (Phi) is 5.61. The molecule has 0 bridgehead atoms. The van der Waals surface area contributed by atoms with E-state index in [1.54, 1.807) is 12.1 Å². The minimum absolute atomic E-state index is 0.0901. The SMILES string of the molecule is O=C(O)C(=O)NC[C@H](CO)Cc1ccccc1Cl. The lowest BCUT2D eigenvalue weighted by Crippen LogP contribution is -2.36. The normalized spacial score (nSPS) is 11.9. The summed E-state index contributed by atoms with van der Waals surface area (Å²) < 4.78 is 0. The Morgan fingerprint density at radius 3 is 2.56 bits per heavy atom. The van der Waals surface area contributed by atoms with Crippen molar-refractivity contribution in [2.24, 2.45) is 5.92 Å². The van der Waals surface area contributed by atoms with Crippen molar-refractivity contribution in [2.75, 3.05) is 13.2 Å². The average Bonchev–Trinajstić information content (AvgIpc) is 2.36. The van der Waals surface area contributed by atoms with Crippen LogP contribution in [-0.2, 0) is 16.0 Å². The van der Waals surface area contributed by atoms with Gasteiger partial charge in [-0.1, -0.05) is 29.8 Å². The maximum absolute atomic E-state index is 10.9. The first-order valence-corrected chi connectivity index (χ1v) is 5.77. The Labute approximate surface area is 109 Å². The highest BCUT2D eigenvalue weighted by Crippen LogP contribution is 2.18. The van der Waals surface area contributed by atoms with Crippen LogP contribution < -0.4 is 5.32 Å². The smallest absolute Gasteiger partial charge is 0.394 e. The van der Waals surface area contributed by atoms with Crippen LogP contribution in [0.2, 0.25) is 5.02 Å². The summed E-state index contributed by atoms with van der Waals surface area (Å²) in [6.45, 7) is -0.0714. The molecule has 0 unspecified atom stereocenters. The second kappa shape index (κ2) is 6.98. The number of halogens is 1. The van der Waals surface area contributed by atoms with Crippen molar-refractivity contribution in [3.8, 4) is 0 Å². The molecule has 3 N–H and O–H groups in total. The zero-order valence-corrected chi connectivity index (χ0v) is 10.4. The van der Waals surface area contributed by atoms with Gasteiger partial charge in [0.15, 0.2) is 0 Å². The predicted octanol–water partition coefficient (Wildman–Crippen LogP) is 0.692. The summed E-state index contributed by atoms with van der Waals surface area (Å²) in [6, 6.07) is 7.18. The van der Waals surface area contributed by atoms with Gasteiger partial charge >= 0.3 is 11.9 Å². The van der Waals surface area contributed by atoms with Gasteiger partial charge < -0.3 is 15.5 Å². The first-order chi connectivity index (χ1) is 8.54. The molecule has 1 atom stereocenters. The van der Waals surface area contributed by atoms with Crippen LogP contribution in [0, 0.1) is 5.92 Å². The van der Waals surface area contributed by atoms with Crippen molar-refractivity contribution in [2.45, 2.75) is 6.42 Å². The molecule has 5 nitrogen and oxygen atoms in total. The maximum atomic E-state index is 10.9. The van der Waals surface area contributed by atoms with Gasteiger partial charge in [-0.3, -0.25) is 4.79 Å². The van der Waals surface area contributed by atoms with Crippen LogP contribution in [0.5, 0.6) is 0 Å².